The number of hydrogen-bond acceptors (Lipinski definition) is 2. The molecule has 0 unspecified atom stereocenters. The standard InChI is InChI=1S/C80H68N2/c1-51(2)57-23-31-75(32-24-57)81(79-39-9-53(5)41-55(79)7)77-35-27-59(28-36-77)61-11-13-65-45-67(17-15-63(65)43-61)69-19-21-71-50-74-48-70(20-22-72(74)49-73(71)47-69)68-18-16-64-44-62(12-14-66(64)46-68)60-29-37-78(38-30-60)82(80-40-10-54(6)42-56(80)8)76-33-25-58(26-34-76)52(3)4/h9-52H,1-8H3. The van der Waals surface area contributed by atoms with Crippen molar-refractivity contribution in [1.29, 1.82) is 0 Å². The Morgan fingerprint density at radius 1 is 0.220 bits per heavy atom. The molecule has 0 bridgehead atoms. The summed E-state index contributed by atoms with van der Waals surface area (Å²) in [5.41, 5.74) is 24.4. The maximum Gasteiger partial charge on any atom is 0.0490 e. The molecular formula is C80H68N2. The molecule has 0 aliphatic heterocycles. The quantitative estimate of drug-likeness (QED) is 0.113. The lowest BCUT2D eigenvalue weighted by Crippen LogP contribution is -2.11. The molecule has 13 aromatic carbocycles. The molecule has 0 fully saturated rings. The Balaban J connectivity index is 0.717. The Kier molecular flexibility index (Phi) is 13.6. The van der Waals surface area contributed by atoms with E-state index in [1.54, 1.807) is 0 Å². The van der Waals surface area contributed by atoms with Gasteiger partial charge >= 0.3 is 0 Å². The summed E-state index contributed by atoms with van der Waals surface area (Å²) in [4.78, 5) is 4.76. The first-order valence-corrected chi connectivity index (χ1v) is 29.1. The zero-order chi connectivity index (χ0) is 56.2. The van der Waals surface area contributed by atoms with Gasteiger partial charge in [0.2, 0.25) is 0 Å². The van der Waals surface area contributed by atoms with Crippen LogP contribution in [0.1, 0.15) is 72.9 Å². The van der Waals surface area contributed by atoms with Gasteiger partial charge in [0.25, 0.3) is 0 Å². The summed E-state index contributed by atoms with van der Waals surface area (Å²) < 4.78 is 0. The minimum Gasteiger partial charge on any atom is -0.310 e. The lowest BCUT2D eigenvalue weighted by atomic mass is 9.94. The van der Waals surface area contributed by atoms with E-state index in [9.17, 15) is 0 Å². The second-order valence-electron chi connectivity index (χ2n) is 23.4. The second-order valence-corrected chi connectivity index (χ2v) is 23.4. The number of benzene rings is 13. The van der Waals surface area contributed by atoms with Gasteiger partial charge in [-0.3, -0.25) is 0 Å². The SMILES string of the molecule is Cc1ccc(N(c2ccc(-c3ccc4cc(-c5ccc6cc7cc(-c8ccc9cc(-c%10ccc(N(c%11ccc(C(C)C)cc%11)c%11ccc(C)cc%11C)cc%10)ccc9c8)ccc7cc6c5)ccc4c3)cc2)c2ccc(C(C)C)cc2)c(C)c1. The maximum atomic E-state index is 2.38. The summed E-state index contributed by atoms with van der Waals surface area (Å²) in [5, 5.41) is 9.88. The molecule has 2 nitrogen and oxygen atoms in total. The number of anilines is 6. The molecule has 0 aliphatic carbocycles. The number of hydrogen-bond donors (Lipinski definition) is 0. The normalized spacial score (nSPS) is 11.6. The van der Waals surface area contributed by atoms with Crippen molar-refractivity contribution >= 4 is 77.2 Å². The Bertz CT molecular complexity index is 4230. The topological polar surface area (TPSA) is 6.48 Å². The Morgan fingerprint density at radius 2 is 0.463 bits per heavy atom. The number of aryl methyl sites for hydroxylation is 4. The number of nitrogens with zero attached hydrogens (tertiary/aromatic N) is 2. The highest BCUT2D eigenvalue weighted by molar-refractivity contribution is 6.02. The predicted molar refractivity (Wildman–Crippen MR) is 355 cm³/mol. The van der Waals surface area contributed by atoms with E-state index in [1.807, 2.05) is 0 Å². The van der Waals surface area contributed by atoms with E-state index in [0.29, 0.717) is 11.8 Å². The summed E-state index contributed by atoms with van der Waals surface area (Å²) in [7, 11) is 0. The molecule has 2 heteroatoms. The van der Waals surface area contributed by atoms with Gasteiger partial charge in [-0.2, -0.15) is 0 Å². The van der Waals surface area contributed by atoms with Crippen LogP contribution in [0, 0.1) is 27.7 Å². The summed E-state index contributed by atoms with van der Waals surface area (Å²) in [6, 6.07) is 95.6. The van der Waals surface area contributed by atoms with Crippen LogP contribution in [-0.4, -0.2) is 0 Å². The molecule has 13 rings (SSSR count). The molecule has 0 atom stereocenters. The minimum absolute atomic E-state index is 0.485. The van der Waals surface area contributed by atoms with E-state index in [1.165, 1.54) is 132 Å². The Morgan fingerprint density at radius 3 is 0.744 bits per heavy atom. The smallest absolute Gasteiger partial charge is 0.0490 e. The summed E-state index contributed by atoms with van der Waals surface area (Å²) in [5.74, 6) is 0.969. The van der Waals surface area contributed by atoms with Crippen LogP contribution >= 0.6 is 0 Å². The lowest BCUT2D eigenvalue weighted by Gasteiger charge is -2.28. The van der Waals surface area contributed by atoms with Crippen molar-refractivity contribution in [3.05, 3.63) is 288 Å². The summed E-state index contributed by atoms with van der Waals surface area (Å²) >= 11 is 0. The zero-order valence-corrected chi connectivity index (χ0v) is 48.3. The van der Waals surface area contributed by atoms with Crippen LogP contribution in [0.3, 0.4) is 0 Å². The molecular weight excluding hydrogens is 989 g/mol. The van der Waals surface area contributed by atoms with Crippen molar-refractivity contribution in [2.75, 3.05) is 9.80 Å². The minimum atomic E-state index is 0.485. The van der Waals surface area contributed by atoms with Crippen LogP contribution in [0.2, 0.25) is 0 Å². The summed E-state index contributed by atoms with van der Waals surface area (Å²) in [6.45, 7) is 17.7. The van der Waals surface area contributed by atoms with Gasteiger partial charge in [-0.05, 0) is 259 Å². The largest absolute Gasteiger partial charge is 0.310 e. The van der Waals surface area contributed by atoms with Gasteiger partial charge in [-0.1, -0.05) is 184 Å². The first-order chi connectivity index (χ1) is 39.8. The lowest BCUT2D eigenvalue weighted by molar-refractivity contribution is 0.866. The van der Waals surface area contributed by atoms with Gasteiger partial charge in [0, 0.05) is 34.1 Å². The fourth-order valence-corrected chi connectivity index (χ4v) is 12.2. The second kappa shape index (κ2) is 21.5. The number of rotatable bonds is 12. The van der Waals surface area contributed by atoms with E-state index >= 15 is 0 Å². The number of fused-ring (bicyclic) bond motifs is 4. The zero-order valence-electron chi connectivity index (χ0n) is 48.3. The average Bonchev–Trinajstić information content (AvgIpc) is 3.57. The highest BCUT2D eigenvalue weighted by Gasteiger charge is 2.18. The van der Waals surface area contributed by atoms with Crippen molar-refractivity contribution in [3.8, 4) is 44.5 Å². The van der Waals surface area contributed by atoms with E-state index in [2.05, 4.69) is 320 Å². The predicted octanol–water partition coefficient (Wildman–Crippen LogP) is 23.4. The molecule has 0 amide bonds. The van der Waals surface area contributed by atoms with E-state index < -0.39 is 0 Å². The molecule has 0 radical (unpaired) electrons. The fraction of sp³-hybridized carbons (Fsp3) is 0.125. The van der Waals surface area contributed by atoms with Gasteiger partial charge in [-0.15, -0.1) is 0 Å². The maximum absolute atomic E-state index is 2.38. The fourth-order valence-electron chi connectivity index (χ4n) is 12.2. The molecule has 0 saturated carbocycles. The summed E-state index contributed by atoms with van der Waals surface area (Å²) in [6.07, 6.45) is 0. The molecule has 13 aromatic rings. The van der Waals surface area contributed by atoms with Crippen LogP contribution in [0.15, 0.2) is 255 Å². The van der Waals surface area contributed by atoms with Gasteiger partial charge in [-0.25, -0.2) is 0 Å². The van der Waals surface area contributed by atoms with E-state index in [0.717, 1.165) is 22.7 Å². The molecule has 0 saturated heterocycles. The first-order valence-electron chi connectivity index (χ1n) is 29.1. The third-order valence-corrected chi connectivity index (χ3v) is 16.9. The van der Waals surface area contributed by atoms with Crippen LogP contribution in [0.5, 0.6) is 0 Å². The molecule has 0 aromatic heterocycles. The van der Waals surface area contributed by atoms with Crippen molar-refractivity contribution in [2.45, 2.75) is 67.2 Å². The Labute approximate surface area is 484 Å². The van der Waals surface area contributed by atoms with Crippen molar-refractivity contribution in [1.82, 2.24) is 0 Å². The van der Waals surface area contributed by atoms with Crippen LogP contribution in [-0.2, 0) is 0 Å². The molecule has 398 valence electrons. The molecule has 82 heavy (non-hydrogen) atoms. The van der Waals surface area contributed by atoms with Crippen LogP contribution in [0.25, 0.3) is 87.6 Å². The van der Waals surface area contributed by atoms with E-state index in [4.69, 9.17) is 0 Å². The highest BCUT2D eigenvalue weighted by atomic mass is 15.1. The molecule has 0 spiro atoms. The third-order valence-electron chi connectivity index (χ3n) is 16.9. The average molecular weight is 1060 g/mol. The van der Waals surface area contributed by atoms with Gasteiger partial charge < -0.3 is 9.80 Å². The van der Waals surface area contributed by atoms with Crippen molar-refractivity contribution in [2.24, 2.45) is 0 Å². The highest BCUT2D eigenvalue weighted by Crippen LogP contribution is 2.42. The van der Waals surface area contributed by atoms with Crippen LogP contribution < -0.4 is 9.80 Å². The van der Waals surface area contributed by atoms with Gasteiger partial charge in [0.1, 0.15) is 0 Å². The first kappa shape index (κ1) is 51.9. The molecule has 0 aliphatic rings. The Hall–Kier alpha value is -9.50. The molecule has 0 N–H and O–H groups in total. The van der Waals surface area contributed by atoms with E-state index in [-0.39, 0.29) is 0 Å². The monoisotopic (exact) mass is 1060 g/mol. The van der Waals surface area contributed by atoms with Gasteiger partial charge in [0.15, 0.2) is 0 Å². The van der Waals surface area contributed by atoms with Crippen molar-refractivity contribution in [3.63, 3.8) is 0 Å². The molecule has 0 heterocycles. The van der Waals surface area contributed by atoms with Crippen molar-refractivity contribution < 1.29 is 0 Å². The van der Waals surface area contributed by atoms with Crippen LogP contribution in [0.4, 0.5) is 34.1 Å². The van der Waals surface area contributed by atoms with Gasteiger partial charge in [0.05, 0.1) is 0 Å². The third kappa shape index (κ3) is 10.2.